The Hall–Kier alpha value is -0.910. The van der Waals surface area contributed by atoms with Crippen LogP contribution in [0.3, 0.4) is 0 Å². The van der Waals surface area contributed by atoms with Crippen LogP contribution in [0.2, 0.25) is 0 Å². The van der Waals surface area contributed by atoms with Crippen LogP contribution in [0.1, 0.15) is 25.7 Å². The molecule has 0 saturated heterocycles. The van der Waals surface area contributed by atoms with Crippen molar-refractivity contribution < 1.29 is 13.2 Å². The Kier molecular flexibility index (Phi) is 10.6. The van der Waals surface area contributed by atoms with E-state index in [1.807, 2.05) is 0 Å². The van der Waals surface area contributed by atoms with Crippen LogP contribution in [0.4, 0.5) is 0 Å². The van der Waals surface area contributed by atoms with Gasteiger partial charge in [0.1, 0.15) is 0 Å². The van der Waals surface area contributed by atoms with Crippen LogP contribution in [0, 0.1) is 5.41 Å². The summed E-state index contributed by atoms with van der Waals surface area (Å²) < 4.78 is 32.1. The van der Waals surface area contributed by atoms with Gasteiger partial charge in [0.25, 0.3) is 0 Å². The zero-order chi connectivity index (χ0) is 18.9. The predicted octanol–water partition coefficient (Wildman–Crippen LogP) is 1.95. The van der Waals surface area contributed by atoms with Crippen molar-refractivity contribution in [1.82, 2.24) is 15.4 Å². The molecular weight excluding hydrogens is 479 g/mol. The van der Waals surface area contributed by atoms with Gasteiger partial charge in [-0.1, -0.05) is 24.6 Å². The van der Waals surface area contributed by atoms with Crippen molar-refractivity contribution in [3.8, 4) is 0 Å². The molecule has 154 valence electrons. The SMILES string of the molecule is CN=C(NCCNS(=O)(=O)c1ccccc1)NCC1(CCOC)CCC1.I. The van der Waals surface area contributed by atoms with Gasteiger partial charge < -0.3 is 15.4 Å². The fourth-order valence-electron chi connectivity index (χ4n) is 3.05. The molecule has 1 saturated carbocycles. The molecule has 9 heteroatoms. The summed E-state index contributed by atoms with van der Waals surface area (Å²) in [7, 11) is -0.0225. The van der Waals surface area contributed by atoms with Crippen LogP contribution >= 0.6 is 24.0 Å². The minimum absolute atomic E-state index is 0. The summed E-state index contributed by atoms with van der Waals surface area (Å²) in [6, 6.07) is 8.36. The maximum Gasteiger partial charge on any atom is 0.240 e. The lowest BCUT2D eigenvalue weighted by atomic mass is 9.67. The first kappa shape index (κ1) is 24.1. The van der Waals surface area contributed by atoms with Crippen LogP contribution in [-0.4, -0.2) is 54.8 Å². The summed E-state index contributed by atoms with van der Waals surface area (Å²) in [4.78, 5) is 4.48. The number of sulfonamides is 1. The molecule has 0 atom stereocenters. The summed E-state index contributed by atoms with van der Waals surface area (Å²) >= 11 is 0. The fourth-order valence-corrected chi connectivity index (χ4v) is 4.10. The van der Waals surface area contributed by atoms with Crippen molar-refractivity contribution in [2.75, 3.05) is 40.4 Å². The maximum absolute atomic E-state index is 12.2. The van der Waals surface area contributed by atoms with E-state index in [0.29, 0.717) is 17.9 Å². The summed E-state index contributed by atoms with van der Waals surface area (Å²) in [6.45, 7) is 2.37. The van der Waals surface area contributed by atoms with E-state index < -0.39 is 10.0 Å². The van der Waals surface area contributed by atoms with E-state index in [-0.39, 0.29) is 35.4 Å². The molecule has 1 aliphatic carbocycles. The highest BCUT2D eigenvalue weighted by Crippen LogP contribution is 2.43. The Morgan fingerprint density at radius 2 is 1.89 bits per heavy atom. The quantitative estimate of drug-likeness (QED) is 0.194. The first-order valence-corrected chi connectivity index (χ1v) is 10.5. The van der Waals surface area contributed by atoms with Gasteiger partial charge in [0, 0.05) is 40.4 Å². The van der Waals surface area contributed by atoms with Gasteiger partial charge in [0.05, 0.1) is 4.90 Å². The molecule has 0 radical (unpaired) electrons. The Balaban J connectivity index is 0.00000364. The molecular formula is C18H31IN4O3S. The smallest absolute Gasteiger partial charge is 0.240 e. The maximum atomic E-state index is 12.2. The summed E-state index contributed by atoms with van der Waals surface area (Å²) in [5, 5.41) is 6.51. The molecule has 7 nitrogen and oxygen atoms in total. The van der Waals surface area contributed by atoms with E-state index in [1.165, 1.54) is 19.3 Å². The minimum Gasteiger partial charge on any atom is -0.385 e. The number of guanidine groups is 1. The third kappa shape index (κ3) is 7.55. The standard InChI is InChI=1S/C18H30N4O3S.HI/c1-19-17(21-15-18(9-6-10-18)11-14-25-2)20-12-13-22-26(23,24)16-7-4-3-5-8-16;/h3-5,7-8,22H,6,9-15H2,1-2H3,(H2,19,20,21);1H. The highest BCUT2D eigenvalue weighted by molar-refractivity contribution is 14.0. The molecule has 0 heterocycles. The lowest BCUT2D eigenvalue weighted by Gasteiger charge is -2.42. The van der Waals surface area contributed by atoms with Crippen molar-refractivity contribution >= 4 is 40.0 Å². The van der Waals surface area contributed by atoms with E-state index in [9.17, 15) is 8.42 Å². The molecule has 1 fully saturated rings. The van der Waals surface area contributed by atoms with Gasteiger partial charge in [0.15, 0.2) is 5.96 Å². The molecule has 1 aromatic rings. The molecule has 0 unspecified atom stereocenters. The first-order chi connectivity index (χ1) is 12.5. The van der Waals surface area contributed by atoms with Crippen LogP contribution < -0.4 is 15.4 Å². The highest BCUT2D eigenvalue weighted by Gasteiger charge is 2.36. The molecule has 0 spiro atoms. The lowest BCUT2D eigenvalue weighted by molar-refractivity contribution is 0.0732. The fraction of sp³-hybridized carbons (Fsp3) is 0.611. The molecule has 1 aromatic carbocycles. The number of methoxy groups -OCH3 is 1. The van der Waals surface area contributed by atoms with Gasteiger partial charge in [-0.25, -0.2) is 13.1 Å². The van der Waals surface area contributed by atoms with Crippen LogP contribution in [-0.2, 0) is 14.8 Å². The summed E-state index contributed by atoms with van der Waals surface area (Å²) in [5.41, 5.74) is 0.294. The van der Waals surface area contributed by atoms with Crippen molar-refractivity contribution in [2.45, 2.75) is 30.6 Å². The number of hydrogen-bond acceptors (Lipinski definition) is 4. The van der Waals surface area contributed by atoms with E-state index in [2.05, 4.69) is 20.3 Å². The molecule has 0 amide bonds. The van der Waals surface area contributed by atoms with E-state index in [0.717, 1.165) is 19.6 Å². The second kappa shape index (κ2) is 11.8. The van der Waals surface area contributed by atoms with Crippen LogP contribution in [0.25, 0.3) is 0 Å². The molecule has 0 aromatic heterocycles. The summed E-state index contributed by atoms with van der Waals surface area (Å²) in [6.07, 6.45) is 4.72. The van der Waals surface area contributed by atoms with Crippen molar-refractivity contribution in [2.24, 2.45) is 10.4 Å². The second-order valence-corrected chi connectivity index (χ2v) is 8.43. The average Bonchev–Trinajstić information content (AvgIpc) is 2.62. The number of nitrogens with zero attached hydrogens (tertiary/aromatic N) is 1. The second-order valence-electron chi connectivity index (χ2n) is 6.66. The monoisotopic (exact) mass is 510 g/mol. The Morgan fingerprint density at radius 1 is 1.19 bits per heavy atom. The number of rotatable bonds is 10. The van der Waals surface area contributed by atoms with Crippen molar-refractivity contribution in [1.29, 1.82) is 0 Å². The van der Waals surface area contributed by atoms with Crippen LogP contribution in [0.5, 0.6) is 0 Å². The lowest BCUT2D eigenvalue weighted by Crippen LogP contribution is -2.48. The van der Waals surface area contributed by atoms with Gasteiger partial charge in [-0.3, -0.25) is 4.99 Å². The third-order valence-corrected chi connectivity index (χ3v) is 6.35. The number of hydrogen-bond donors (Lipinski definition) is 3. The number of nitrogens with one attached hydrogen (secondary N) is 3. The highest BCUT2D eigenvalue weighted by atomic mass is 127. The van der Waals surface area contributed by atoms with E-state index in [4.69, 9.17) is 4.74 Å². The molecule has 0 aliphatic heterocycles. The Labute approximate surface area is 179 Å². The number of halogens is 1. The summed E-state index contributed by atoms with van der Waals surface area (Å²) in [5.74, 6) is 0.688. The Morgan fingerprint density at radius 3 is 2.44 bits per heavy atom. The average molecular weight is 510 g/mol. The zero-order valence-electron chi connectivity index (χ0n) is 16.0. The van der Waals surface area contributed by atoms with E-state index >= 15 is 0 Å². The minimum atomic E-state index is -3.47. The van der Waals surface area contributed by atoms with Crippen molar-refractivity contribution in [3.63, 3.8) is 0 Å². The molecule has 0 bridgehead atoms. The molecule has 27 heavy (non-hydrogen) atoms. The molecule has 3 N–H and O–H groups in total. The number of benzene rings is 1. The van der Waals surface area contributed by atoms with Gasteiger partial charge in [-0.15, -0.1) is 24.0 Å². The Bertz CT molecular complexity index is 679. The van der Waals surface area contributed by atoms with Gasteiger partial charge >= 0.3 is 0 Å². The first-order valence-electron chi connectivity index (χ1n) is 8.99. The number of ether oxygens (including phenoxy) is 1. The van der Waals surface area contributed by atoms with E-state index in [1.54, 1.807) is 44.5 Å². The van der Waals surface area contributed by atoms with Gasteiger partial charge in [-0.2, -0.15) is 0 Å². The van der Waals surface area contributed by atoms with Crippen molar-refractivity contribution in [3.05, 3.63) is 30.3 Å². The molecule has 2 rings (SSSR count). The number of aliphatic imine (C=N–C) groups is 1. The third-order valence-electron chi connectivity index (χ3n) is 4.87. The topological polar surface area (TPSA) is 91.8 Å². The zero-order valence-corrected chi connectivity index (χ0v) is 19.2. The van der Waals surface area contributed by atoms with Gasteiger partial charge in [0.2, 0.25) is 10.0 Å². The predicted molar refractivity (Wildman–Crippen MR) is 119 cm³/mol. The largest absolute Gasteiger partial charge is 0.385 e. The van der Waals surface area contributed by atoms with Gasteiger partial charge in [-0.05, 0) is 36.8 Å². The normalized spacial score (nSPS) is 16.1. The molecule has 1 aliphatic rings. The van der Waals surface area contributed by atoms with Crippen LogP contribution in [0.15, 0.2) is 40.2 Å².